The first-order chi connectivity index (χ1) is 6.68. The highest BCUT2D eigenvalue weighted by molar-refractivity contribution is 7.46. The maximum Gasteiger partial charge on any atom is 0.524 e. The Hall–Kier alpha value is 1.47. The molecule has 0 bridgehead atoms. The fraction of sp³-hybridized carbons (Fsp3) is 0.400. The van der Waals surface area contributed by atoms with E-state index in [0.717, 1.165) is 5.56 Å². The van der Waals surface area contributed by atoms with Crippen LogP contribution in [0.1, 0.15) is 26.3 Å². The van der Waals surface area contributed by atoms with Gasteiger partial charge in [0.25, 0.3) is 0 Å². The predicted molar refractivity (Wildman–Crippen MR) is 83.4 cm³/mol. The van der Waals surface area contributed by atoms with Gasteiger partial charge in [-0.3, -0.25) is 9.79 Å². The molecule has 0 amide bonds. The third-order valence-electron chi connectivity index (χ3n) is 1.94. The number of phosphoric acid groups is 1. The lowest BCUT2D eigenvalue weighted by atomic mass is 9.87. The van der Waals surface area contributed by atoms with Crippen LogP contribution in [0, 0.1) is 0 Å². The van der Waals surface area contributed by atoms with E-state index in [2.05, 4.69) is 25.3 Å². The van der Waals surface area contributed by atoms with Gasteiger partial charge in [0, 0.05) is 0 Å². The van der Waals surface area contributed by atoms with Crippen LogP contribution in [-0.2, 0) is 9.98 Å². The van der Waals surface area contributed by atoms with Gasteiger partial charge in [0.2, 0.25) is 0 Å². The van der Waals surface area contributed by atoms with E-state index in [9.17, 15) is 4.57 Å². The van der Waals surface area contributed by atoms with E-state index in [1.807, 2.05) is 0 Å². The van der Waals surface area contributed by atoms with Gasteiger partial charge in [-0.1, -0.05) is 32.9 Å². The molecule has 1 aromatic carbocycles. The molecule has 0 spiro atoms. The SMILES string of the molecule is CC(C)(C)c1ccc(OP(=O)(O)O)cc1.[MgH2].[MgH2].[MgH2]. The topological polar surface area (TPSA) is 66.8 Å². The molecule has 0 unspecified atom stereocenters. The van der Waals surface area contributed by atoms with Crippen LogP contribution in [0.3, 0.4) is 0 Å². The van der Waals surface area contributed by atoms with Crippen molar-refractivity contribution in [3.63, 3.8) is 0 Å². The van der Waals surface area contributed by atoms with Gasteiger partial charge in [0.1, 0.15) is 5.75 Å². The lowest BCUT2D eigenvalue weighted by molar-refractivity contribution is 0.283. The standard InChI is InChI=1S/C10H15O4P.3Mg.6H/c1-10(2,3)8-4-6-9(7-5-8)14-15(11,12)13;;;;;;;;;/h4-7H,1-3H3,(H2,11,12,13);;;;;;;;;. The number of rotatable bonds is 2. The average molecular weight is 309 g/mol. The summed E-state index contributed by atoms with van der Waals surface area (Å²) in [7, 11) is -4.44. The zero-order valence-corrected chi connectivity index (χ0v) is 9.86. The van der Waals surface area contributed by atoms with Crippen molar-refractivity contribution < 1.29 is 18.9 Å². The fourth-order valence-corrected chi connectivity index (χ4v) is 1.55. The van der Waals surface area contributed by atoms with Crippen LogP contribution < -0.4 is 4.52 Å². The molecule has 0 aliphatic carbocycles. The number of hydrogen-bond acceptors (Lipinski definition) is 2. The second-order valence-electron chi connectivity index (χ2n) is 4.36. The molecule has 0 atom stereocenters. The van der Waals surface area contributed by atoms with Crippen LogP contribution >= 0.6 is 7.82 Å². The maximum absolute atomic E-state index is 10.6. The van der Waals surface area contributed by atoms with Crippen molar-refractivity contribution in [2.45, 2.75) is 26.2 Å². The summed E-state index contributed by atoms with van der Waals surface area (Å²) in [6.07, 6.45) is 0. The molecule has 0 aliphatic heterocycles. The highest BCUT2D eigenvalue weighted by Crippen LogP contribution is 2.37. The van der Waals surface area contributed by atoms with E-state index in [1.54, 1.807) is 24.3 Å². The van der Waals surface area contributed by atoms with Crippen molar-refractivity contribution in [2.75, 3.05) is 0 Å². The molecular weight excluding hydrogens is 288 g/mol. The molecule has 2 N–H and O–H groups in total. The van der Waals surface area contributed by atoms with Gasteiger partial charge in [-0.15, -0.1) is 0 Å². The molecule has 96 valence electrons. The van der Waals surface area contributed by atoms with Crippen LogP contribution in [0.25, 0.3) is 0 Å². The minimum atomic E-state index is -4.44. The summed E-state index contributed by atoms with van der Waals surface area (Å²) in [5.74, 6) is 0.177. The minimum Gasteiger partial charge on any atom is -0.404 e. The summed E-state index contributed by atoms with van der Waals surface area (Å²) in [4.78, 5) is 17.2. The monoisotopic (exact) mass is 308 g/mol. The van der Waals surface area contributed by atoms with Gasteiger partial charge in [0.05, 0.1) is 0 Å². The van der Waals surface area contributed by atoms with Crippen LogP contribution in [0.15, 0.2) is 24.3 Å². The third-order valence-corrected chi connectivity index (χ3v) is 2.39. The summed E-state index contributed by atoms with van der Waals surface area (Å²) in [6, 6.07) is 6.70. The van der Waals surface area contributed by atoms with Crippen molar-refractivity contribution in [3.8, 4) is 5.75 Å². The number of benzene rings is 1. The summed E-state index contributed by atoms with van der Waals surface area (Å²) >= 11 is 0. The molecule has 4 nitrogen and oxygen atoms in total. The molecule has 1 rings (SSSR count). The Balaban J connectivity index is -0.000000750. The van der Waals surface area contributed by atoms with Gasteiger partial charge in [-0.05, 0) is 23.1 Å². The molecule has 0 aliphatic rings. The highest BCUT2D eigenvalue weighted by atomic mass is 31.2. The highest BCUT2D eigenvalue weighted by Gasteiger charge is 2.17. The summed E-state index contributed by atoms with van der Waals surface area (Å²) in [6.45, 7) is 6.18. The van der Waals surface area contributed by atoms with Crippen molar-refractivity contribution in [3.05, 3.63) is 29.8 Å². The second kappa shape index (κ2) is 9.41. The van der Waals surface area contributed by atoms with Gasteiger partial charge in [-0.25, -0.2) is 4.57 Å². The molecule has 0 saturated heterocycles. The van der Waals surface area contributed by atoms with E-state index < -0.39 is 7.82 Å². The van der Waals surface area contributed by atoms with Crippen LogP contribution in [-0.4, -0.2) is 78.9 Å². The maximum atomic E-state index is 10.6. The summed E-state index contributed by atoms with van der Waals surface area (Å²) in [5.41, 5.74) is 1.10. The quantitative estimate of drug-likeness (QED) is 0.582. The Bertz CT molecular complexity index is 383. The van der Waals surface area contributed by atoms with Crippen molar-refractivity contribution >= 4 is 77.0 Å². The van der Waals surface area contributed by atoms with E-state index in [0.29, 0.717) is 0 Å². The lowest BCUT2D eigenvalue weighted by Crippen LogP contribution is -2.10. The molecule has 0 fully saturated rings. The molecule has 0 aromatic heterocycles. The number of phosphoric ester groups is 1. The first-order valence-electron chi connectivity index (χ1n) is 4.54. The first-order valence-corrected chi connectivity index (χ1v) is 6.07. The van der Waals surface area contributed by atoms with E-state index >= 15 is 0 Å². The van der Waals surface area contributed by atoms with Gasteiger partial charge >= 0.3 is 77.0 Å². The number of hydrogen-bond donors (Lipinski definition) is 2. The Morgan fingerprint density at radius 2 is 1.39 bits per heavy atom. The van der Waals surface area contributed by atoms with E-state index in [1.165, 1.54) is 0 Å². The fourth-order valence-electron chi connectivity index (χ4n) is 1.15. The second-order valence-corrected chi connectivity index (χ2v) is 5.52. The first kappa shape index (κ1) is 24.5. The zero-order chi connectivity index (χ0) is 11.7. The Labute approximate surface area is 156 Å². The van der Waals surface area contributed by atoms with Gasteiger partial charge in [0.15, 0.2) is 0 Å². The summed E-state index contributed by atoms with van der Waals surface area (Å²) < 4.78 is 15.0. The zero-order valence-electron chi connectivity index (χ0n) is 8.97. The Morgan fingerprint density at radius 3 is 1.67 bits per heavy atom. The summed E-state index contributed by atoms with van der Waals surface area (Å²) in [5, 5.41) is 0. The third kappa shape index (κ3) is 9.38. The Morgan fingerprint density at radius 1 is 1.00 bits per heavy atom. The smallest absolute Gasteiger partial charge is 0.404 e. The van der Waals surface area contributed by atoms with Crippen molar-refractivity contribution in [1.82, 2.24) is 0 Å². The van der Waals surface area contributed by atoms with Crippen LogP contribution in [0.2, 0.25) is 0 Å². The molecule has 0 heterocycles. The Kier molecular flexibility index (Phi) is 12.8. The molecular formula is C10H21Mg3O4P. The molecule has 1 aromatic rings. The predicted octanol–water partition coefficient (Wildman–Crippen LogP) is -0.293. The van der Waals surface area contributed by atoms with Gasteiger partial charge < -0.3 is 4.52 Å². The molecule has 0 radical (unpaired) electrons. The normalized spacial score (nSPS) is 10.5. The van der Waals surface area contributed by atoms with Crippen molar-refractivity contribution in [2.24, 2.45) is 0 Å². The van der Waals surface area contributed by atoms with Gasteiger partial charge in [-0.2, -0.15) is 0 Å². The molecule has 8 heteroatoms. The minimum absolute atomic E-state index is 0. The van der Waals surface area contributed by atoms with Crippen molar-refractivity contribution in [1.29, 1.82) is 0 Å². The van der Waals surface area contributed by atoms with Crippen LogP contribution in [0.4, 0.5) is 0 Å². The largest absolute Gasteiger partial charge is 0.524 e. The average Bonchev–Trinajstić information content (AvgIpc) is 2.00. The lowest BCUT2D eigenvalue weighted by Gasteiger charge is -2.19. The van der Waals surface area contributed by atoms with E-state index in [-0.39, 0.29) is 80.3 Å². The molecule has 18 heavy (non-hydrogen) atoms. The van der Waals surface area contributed by atoms with E-state index in [4.69, 9.17) is 9.79 Å². The van der Waals surface area contributed by atoms with Crippen LogP contribution in [0.5, 0.6) is 5.75 Å². The molecule has 0 saturated carbocycles.